The van der Waals surface area contributed by atoms with Crippen LogP contribution in [0.15, 0.2) is 4.99 Å². The maximum absolute atomic E-state index is 5.82. The fourth-order valence-corrected chi connectivity index (χ4v) is 1.97. The molecule has 0 amide bonds. The molecule has 0 aromatic heterocycles. The summed E-state index contributed by atoms with van der Waals surface area (Å²) in [4.78, 5) is 6.75. The summed E-state index contributed by atoms with van der Waals surface area (Å²) in [6.07, 6.45) is 1.46. The maximum Gasteiger partial charge on any atom is 0.189 e. The van der Waals surface area contributed by atoms with E-state index in [9.17, 15) is 0 Å². The van der Waals surface area contributed by atoms with Gasteiger partial charge < -0.3 is 15.8 Å². The number of hydrogen-bond acceptors (Lipinski definition) is 3. The Balaban J connectivity index is 2.26. The molecule has 0 bridgehead atoms. The second-order valence-corrected chi connectivity index (χ2v) is 5.84. The largest absolute Gasteiger partial charge is 0.376 e. The van der Waals surface area contributed by atoms with Crippen molar-refractivity contribution in [3.05, 3.63) is 0 Å². The second-order valence-electron chi connectivity index (χ2n) is 5.84. The third-order valence-corrected chi connectivity index (χ3v) is 2.88. The van der Waals surface area contributed by atoms with E-state index in [4.69, 9.17) is 10.5 Å². The molecule has 1 unspecified atom stereocenters. The van der Waals surface area contributed by atoms with E-state index in [-0.39, 0.29) is 5.54 Å². The molecule has 5 nitrogen and oxygen atoms in total. The van der Waals surface area contributed by atoms with Crippen LogP contribution >= 0.6 is 0 Å². The van der Waals surface area contributed by atoms with Gasteiger partial charge in [-0.25, -0.2) is 0 Å². The number of ether oxygens (including phenoxy) is 1. The maximum atomic E-state index is 5.82. The van der Waals surface area contributed by atoms with Crippen LogP contribution < -0.4 is 11.1 Å². The van der Waals surface area contributed by atoms with Crippen molar-refractivity contribution in [3.8, 4) is 0 Å². The molecule has 0 radical (unpaired) electrons. The number of guanidine groups is 1. The third kappa shape index (κ3) is 6.21. The summed E-state index contributed by atoms with van der Waals surface area (Å²) in [5.41, 5.74) is 5.80. The molecule has 1 rings (SSSR count). The predicted molar refractivity (Wildman–Crippen MR) is 75.8 cm³/mol. The first-order chi connectivity index (χ1) is 8.40. The minimum atomic E-state index is -0.0279. The average Bonchev–Trinajstić information content (AvgIpc) is 2.27. The lowest BCUT2D eigenvalue weighted by atomic mass is 10.1. The van der Waals surface area contributed by atoms with Crippen LogP contribution in [0.2, 0.25) is 0 Å². The molecule has 0 saturated carbocycles. The molecule has 1 saturated heterocycles. The normalized spacial score (nSPS) is 23.1. The van der Waals surface area contributed by atoms with Gasteiger partial charge in [0.05, 0.1) is 19.3 Å². The molecule has 1 aliphatic heterocycles. The van der Waals surface area contributed by atoms with Gasteiger partial charge in [0.15, 0.2) is 5.96 Å². The van der Waals surface area contributed by atoms with Crippen LogP contribution in [-0.4, -0.2) is 55.3 Å². The topological polar surface area (TPSA) is 62.9 Å². The van der Waals surface area contributed by atoms with Crippen molar-refractivity contribution in [3.63, 3.8) is 0 Å². The van der Waals surface area contributed by atoms with Crippen LogP contribution in [0.4, 0.5) is 0 Å². The molecule has 0 aromatic carbocycles. The molecule has 0 aliphatic carbocycles. The predicted octanol–water partition coefficient (Wildman–Crippen LogP) is 0.800. The van der Waals surface area contributed by atoms with Crippen LogP contribution in [0.1, 0.15) is 34.1 Å². The summed E-state index contributed by atoms with van der Waals surface area (Å²) >= 11 is 0. The lowest BCUT2D eigenvalue weighted by molar-refractivity contribution is -0.0284. The van der Waals surface area contributed by atoms with E-state index >= 15 is 0 Å². The quantitative estimate of drug-likeness (QED) is 0.577. The summed E-state index contributed by atoms with van der Waals surface area (Å²) in [5, 5.41) is 3.16. The van der Waals surface area contributed by atoms with Crippen LogP contribution in [0, 0.1) is 0 Å². The van der Waals surface area contributed by atoms with Gasteiger partial charge in [-0.05, 0) is 27.2 Å². The molecule has 1 heterocycles. The molecule has 0 aromatic rings. The van der Waals surface area contributed by atoms with Gasteiger partial charge in [0, 0.05) is 25.2 Å². The lowest BCUT2D eigenvalue weighted by Crippen LogP contribution is -2.46. The van der Waals surface area contributed by atoms with Gasteiger partial charge in [0.1, 0.15) is 0 Å². The van der Waals surface area contributed by atoms with E-state index in [1.54, 1.807) is 0 Å². The van der Waals surface area contributed by atoms with Crippen molar-refractivity contribution in [1.29, 1.82) is 0 Å². The number of hydrogen-bond donors (Lipinski definition) is 2. The Labute approximate surface area is 111 Å². The standard InChI is InChI=1S/C13H28N4O/c1-5-11-10-17(8-9-18-11)7-6-15-12(14)16-13(2,3)4/h11H,5-10H2,1-4H3,(H3,14,15,16). The summed E-state index contributed by atoms with van der Waals surface area (Å²) in [7, 11) is 0. The number of nitrogens with one attached hydrogen (secondary N) is 1. The number of rotatable bonds is 4. The Morgan fingerprint density at radius 3 is 2.83 bits per heavy atom. The first kappa shape index (κ1) is 15.2. The van der Waals surface area contributed by atoms with Crippen molar-refractivity contribution in [2.24, 2.45) is 10.7 Å². The highest BCUT2D eigenvalue weighted by Crippen LogP contribution is 2.07. The Morgan fingerprint density at radius 1 is 1.50 bits per heavy atom. The molecule has 5 heteroatoms. The Morgan fingerprint density at radius 2 is 2.22 bits per heavy atom. The smallest absolute Gasteiger partial charge is 0.189 e. The molecular weight excluding hydrogens is 228 g/mol. The molecule has 3 N–H and O–H groups in total. The lowest BCUT2D eigenvalue weighted by Gasteiger charge is -2.32. The zero-order chi connectivity index (χ0) is 13.6. The molecular formula is C13H28N4O. The molecule has 0 spiro atoms. The monoisotopic (exact) mass is 256 g/mol. The first-order valence-corrected chi connectivity index (χ1v) is 6.83. The number of nitrogens with zero attached hydrogens (tertiary/aromatic N) is 2. The van der Waals surface area contributed by atoms with Gasteiger partial charge in [0.25, 0.3) is 0 Å². The van der Waals surface area contributed by atoms with E-state index in [0.717, 1.165) is 39.2 Å². The van der Waals surface area contributed by atoms with Crippen LogP contribution in [0.25, 0.3) is 0 Å². The fraction of sp³-hybridized carbons (Fsp3) is 0.923. The van der Waals surface area contributed by atoms with Gasteiger partial charge in [-0.3, -0.25) is 9.89 Å². The Bertz CT molecular complexity index is 273. The minimum Gasteiger partial charge on any atom is -0.376 e. The highest BCUT2D eigenvalue weighted by molar-refractivity contribution is 5.78. The average molecular weight is 256 g/mol. The van der Waals surface area contributed by atoms with Crippen molar-refractivity contribution in [2.45, 2.75) is 45.8 Å². The van der Waals surface area contributed by atoms with Gasteiger partial charge in [0.2, 0.25) is 0 Å². The van der Waals surface area contributed by atoms with Crippen LogP contribution in [0.5, 0.6) is 0 Å². The molecule has 1 aliphatic rings. The van der Waals surface area contributed by atoms with Crippen LogP contribution in [0.3, 0.4) is 0 Å². The summed E-state index contributed by atoms with van der Waals surface area (Å²) < 4.78 is 5.64. The van der Waals surface area contributed by atoms with Gasteiger partial charge in [-0.2, -0.15) is 0 Å². The van der Waals surface area contributed by atoms with Gasteiger partial charge in [-0.15, -0.1) is 0 Å². The van der Waals surface area contributed by atoms with E-state index in [2.05, 4.69) is 42.9 Å². The molecule has 1 fully saturated rings. The number of aliphatic imine (C=N–C) groups is 1. The second kappa shape index (κ2) is 6.95. The minimum absolute atomic E-state index is 0.0279. The van der Waals surface area contributed by atoms with E-state index in [1.165, 1.54) is 0 Å². The zero-order valence-electron chi connectivity index (χ0n) is 12.2. The highest BCUT2D eigenvalue weighted by atomic mass is 16.5. The highest BCUT2D eigenvalue weighted by Gasteiger charge is 2.18. The summed E-state index contributed by atoms with van der Waals surface area (Å²) in [6.45, 7) is 12.9. The van der Waals surface area contributed by atoms with Crippen molar-refractivity contribution in [2.75, 3.05) is 32.8 Å². The van der Waals surface area contributed by atoms with Gasteiger partial charge >= 0.3 is 0 Å². The summed E-state index contributed by atoms with van der Waals surface area (Å²) in [6, 6.07) is 0. The SMILES string of the molecule is CCC1CN(CCN=C(N)NC(C)(C)C)CCO1. The fourth-order valence-electron chi connectivity index (χ4n) is 1.97. The van der Waals surface area contributed by atoms with Crippen molar-refractivity contribution < 1.29 is 4.74 Å². The molecule has 18 heavy (non-hydrogen) atoms. The number of nitrogens with two attached hydrogens (primary N) is 1. The number of morpholine rings is 1. The molecule has 106 valence electrons. The first-order valence-electron chi connectivity index (χ1n) is 6.83. The zero-order valence-corrected chi connectivity index (χ0v) is 12.2. The Hall–Kier alpha value is -0.810. The molecule has 1 atom stereocenters. The van der Waals surface area contributed by atoms with Crippen molar-refractivity contribution >= 4 is 5.96 Å². The Kier molecular flexibility index (Phi) is 5.88. The van der Waals surface area contributed by atoms with Crippen molar-refractivity contribution in [1.82, 2.24) is 10.2 Å². The van der Waals surface area contributed by atoms with Crippen LogP contribution in [-0.2, 0) is 4.74 Å². The third-order valence-electron chi connectivity index (χ3n) is 2.88. The summed E-state index contributed by atoms with van der Waals surface area (Å²) in [5.74, 6) is 0.530. The van der Waals surface area contributed by atoms with E-state index < -0.39 is 0 Å². The van der Waals surface area contributed by atoms with Gasteiger partial charge in [-0.1, -0.05) is 6.92 Å². The van der Waals surface area contributed by atoms with E-state index in [1.807, 2.05) is 0 Å². The van der Waals surface area contributed by atoms with E-state index in [0.29, 0.717) is 12.1 Å².